The van der Waals surface area contributed by atoms with Crippen LogP contribution in [-0.4, -0.2) is 43.8 Å². The molecule has 1 N–H and O–H groups in total. The zero-order valence-corrected chi connectivity index (χ0v) is 26.4. The van der Waals surface area contributed by atoms with Gasteiger partial charge in [-0.3, -0.25) is 13.9 Å². The topological polar surface area (TPSA) is 86.8 Å². The molecule has 0 radical (unpaired) electrons. The molecule has 3 aromatic rings. The predicted molar refractivity (Wildman–Crippen MR) is 162 cm³/mol. The summed E-state index contributed by atoms with van der Waals surface area (Å²) in [6.07, 6.45) is -4.22. The van der Waals surface area contributed by atoms with Gasteiger partial charge in [-0.2, -0.15) is 13.2 Å². The third-order valence-electron chi connectivity index (χ3n) is 6.68. The molecule has 0 saturated carbocycles. The second kappa shape index (κ2) is 14.2. The second-order valence-electron chi connectivity index (χ2n) is 9.74. The summed E-state index contributed by atoms with van der Waals surface area (Å²) in [5.41, 5.74) is -1.33. The minimum absolute atomic E-state index is 0.189. The molecule has 0 aliphatic carbocycles. The van der Waals surface area contributed by atoms with Gasteiger partial charge in [0.2, 0.25) is 11.8 Å². The Balaban J connectivity index is 2.14. The van der Waals surface area contributed by atoms with Crippen molar-refractivity contribution in [2.45, 2.75) is 56.9 Å². The first-order valence-electron chi connectivity index (χ1n) is 13.0. The fourth-order valence-electron chi connectivity index (χ4n) is 3.99. The zero-order chi connectivity index (χ0) is 32.1. The summed E-state index contributed by atoms with van der Waals surface area (Å²) >= 11 is 18.6. The molecule has 2 atom stereocenters. The number of carbonyl (C=O) groups excluding carboxylic acids is 2. The Bertz CT molecular complexity index is 1570. The molecule has 0 spiro atoms. The first kappa shape index (κ1) is 34.5. The van der Waals surface area contributed by atoms with Crippen LogP contribution in [0.4, 0.5) is 18.9 Å². The van der Waals surface area contributed by atoms with E-state index in [0.717, 1.165) is 11.0 Å². The molecule has 0 unspecified atom stereocenters. The van der Waals surface area contributed by atoms with Crippen molar-refractivity contribution in [3.05, 3.63) is 92.9 Å². The van der Waals surface area contributed by atoms with Crippen LogP contribution in [-0.2, 0) is 32.3 Å². The van der Waals surface area contributed by atoms with Crippen LogP contribution in [0.5, 0.6) is 0 Å². The van der Waals surface area contributed by atoms with Gasteiger partial charge in [0.15, 0.2) is 0 Å². The molecule has 3 rings (SSSR count). The number of nitrogens with zero attached hydrogens (tertiary/aromatic N) is 2. The van der Waals surface area contributed by atoms with Gasteiger partial charge < -0.3 is 10.2 Å². The Morgan fingerprint density at radius 1 is 0.930 bits per heavy atom. The molecular weight excluding hydrogens is 650 g/mol. The number of nitrogens with one attached hydrogen (secondary N) is 1. The highest BCUT2D eigenvalue weighted by atomic mass is 35.5. The van der Waals surface area contributed by atoms with E-state index < -0.39 is 51.9 Å². The molecule has 3 aromatic carbocycles. The fraction of sp³-hybridized carbons (Fsp3) is 0.310. The molecule has 14 heteroatoms. The lowest BCUT2D eigenvalue weighted by Gasteiger charge is -2.33. The number of hydrogen-bond donors (Lipinski definition) is 1. The Kier molecular flexibility index (Phi) is 11.4. The molecule has 0 aliphatic rings. The minimum Gasteiger partial charge on any atom is -0.352 e. The molecule has 0 aromatic heterocycles. The number of carbonyl (C=O) groups is 2. The molecule has 0 bridgehead atoms. The van der Waals surface area contributed by atoms with Crippen LogP contribution in [0.3, 0.4) is 0 Å². The monoisotopic (exact) mass is 677 g/mol. The lowest BCUT2D eigenvalue weighted by molar-refractivity contribution is -0.139. The summed E-state index contributed by atoms with van der Waals surface area (Å²) in [7, 11) is -4.63. The van der Waals surface area contributed by atoms with E-state index in [1.807, 2.05) is 6.92 Å². The standard InChI is InChI=1S/C29H29Cl3F3N3O4S/c1-4-18(2)36-28(40)19(3)37(16-20-10-12-22(30)15-25(20)32)27(39)17-38(43(41,42)23-8-6-5-7-9-23)26-14-21(29(33,34)35)11-13-24(26)31/h5-15,18-19H,4,16-17H2,1-3H3,(H,36,40)/t18-,19-/m0/s1. The van der Waals surface area contributed by atoms with E-state index in [2.05, 4.69) is 5.32 Å². The van der Waals surface area contributed by atoms with Gasteiger partial charge in [0.05, 0.1) is 21.2 Å². The van der Waals surface area contributed by atoms with Crippen molar-refractivity contribution in [3.8, 4) is 0 Å². The average Bonchev–Trinajstić information content (AvgIpc) is 2.95. The van der Waals surface area contributed by atoms with Crippen LogP contribution >= 0.6 is 34.8 Å². The van der Waals surface area contributed by atoms with Crippen molar-refractivity contribution in [2.24, 2.45) is 0 Å². The highest BCUT2D eigenvalue weighted by Crippen LogP contribution is 2.37. The molecular formula is C29H29Cl3F3N3O4S. The average molecular weight is 679 g/mol. The van der Waals surface area contributed by atoms with Gasteiger partial charge in [0.25, 0.3) is 10.0 Å². The van der Waals surface area contributed by atoms with E-state index >= 15 is 0 Å². The minimum atomic E-state index is -4.83. The Morgan fingerprint density at radius 2 is 1.58 bits per heavy atom. The zero-order valence-electron chi connectivity index (χ0n) is 23.3. The van der Waals surface area contributed by atoms with Gasteiger partial charge in [0, 0.05) is 22.6 Å². The van der Waals surface area contributed by atoms with E-state index in [9.17, 15) is 31.2 Å². The maximum atomic E-state index is 14.0. The molecule has 2 amide bonds. The number of alkyl halides is 3. The first-order valence-corrected chi connectivity index (χ1v) is 15.6. The lowest BCUT2D eigenvalue weighted by atomic mass is 10.1. The lowest BCUT2D eigenvalue weighted by Crippen LogP contribution is -2.52. The number of amides is 2. The van der Waals surface area contributed by atoms with Crippen LogP contribution < -0.4 is 9.62 Å². The summed E-state index contributed by atoms with van der Waals surface area (Å²) in [4.78, 5) is 27.9. The highest BCUT2D eigenvalue weighted by Gasteiger charge is 2.36. The molecule has 0 fully saturated rings. The van der Waals surface area contributed by atoms with E-state index in [1.54, 1.807) is 19.1 Å². The summed E-state index contributed by atoms with van der Waals surface area (Å²) in [6, 6.07) is 12.2. The summed E-state index contributed by atoms with van der Waals surface area (Å²) < 4.78 is 69.2. The Hall–Kier alpha value is -2.99. The maximum absolute atomic E-state index is 14.0. The highest BCUT2D eigenvalue weighted by molar-refractivity contribution is 7.92. The van der Waals surface area contributed by atoms with Crippen LogP contribution in [0.2, 0.25) is 15.1 Å². The molecule has 0 aliphatic heterocycles. The van der Waals surface area contributed by atoms with Crippen LogP contribution in [0.25, 0.3) is 0 Å². The van der Waals surface area contributed by atoms with Crippen LogP contribution in [0, 0.1) is 0 Å². The number of halogens is 6. The van der Waals surface area contributed by atoms with Gasteiger partial charge in [-0.25, -0.2) is 8.42 Å². The van der Waals surface area contributed by atoms with Crippen LogP contribution in [0.1, 0.15) is 38.3 Å². The van der Waals surface area contributed by atoms with E-state index in [0.29, 0.717) is 33.4 Å². The smallest absolute Gasteiger partial charge is 0.352 e. The third kappa shape index (κ3) is 8.56. The Morgan fingerprint density at radius 3 is 2.16 bits per heavy atom. The van der Waals surface area contributed by atoms with Gasteiger partial charge in [-0.05, 0) is 68.3 Å². The molecule has 0 saturated heterocycles. The van der Waals surface area contributed by atoms with Crippen LogP contribution in [0.15, 0.2) is 71.6 Å². The number of benzene rings is 3. The summed E-state index contributed by atoms with van der Waals surface area (Å²) in [5.74, 6) is -1.42. The number of anilines is 1. The number of rotatable bonds is 11. The van der Waals surface area contributed by atoms with Gasteiger partial charge in [-0.1, -0.05) is 66.0 Å². The normalized spacial score (nSPS) is 13.2. The molecule has 7 nitrogen and oxygen atoms in total. The SMILES string of the molecule is CC[C@H](C)NC(=O)[C@H](C)N(Cc1ccc(Cl)cc1Cl)C(=O)CN(c1cc(C(F)(F)F)ccc1Cl)S(=O)(=O)c1ccccc1. The first-order chi connectivity index (χ1) is 20.1. The fourth-order valence-corrected chi connectivity index (χ4v) is 6.18. The third-order valence-corrected chi connectivity index (χ3v) is 9.36. The van der Waals surface area contributed by atoms with Crippen molar-refractivity contribution in [1.29, 1.82) is 0 Å². The quantitative estimate of drug-likeness (QED) is 0.233. The molecule has 43 heavy (non-hydrogen) atoms. The van der Waals surface area contributed by atoms with Gasteiger partial charge in [0.1, 0.15) is 12.6 Å². The molecule has 232 valence electrons. The molecule has 0 heterocycles. The second-order valence-corrected chi connectivity index (χ2v) is 12.9. The van der Waals surface area contributed by atoms with E-state index in [1.165, 1.54) is 43.3 Å². The summed E-state index contributed by atoms with van der Waals surface area (Å²) in [5, 5.41) is 2.96. The number of sulfonamides is 1. The van der Waals surface area contributed by atoms with Crippen molar-refractivity contribution in [2.75, 3.05) is 10.8 Å². The largest absolute Gasteiger partial charge is 0.416 e. The van der Waals surface area contributed by atoms with Crippen molar-refractivity contribution in [1.82, 2.24) is 10.2 Å². The van der Waals surface area contributed by atoms with Crippen molar-refractivity contribution in [3.63, 3.8) is 0 Å². The maximum Gasteiger partial charge on any atom is 0.416 e. The van der Waals surface area contributed by atoms with Crippen molar-refractivity contribution >= 4 is 62.3 Å². The predicted octanol–water partition coefficient (Wildman–Crippen LogP) is 7.19. The summed E-state index contributed by atoms with van der Waals surface area (Å²) in [6.45, 7) is 3.87. The number of hydrogen-bond acceptors (Lipinski definition) is 4. The van der Waals surface area contributed by atoms with Gasteiger partial charge in [-0.15, -0.1) is 0 Å². The van der Waals surface area contributed by atoms with E-state index in [-0.39, 0.29) is 27.5 Å². The van der Waals surface area contributed by atoms with E-state index in [4.69, 9.17) is 34.8 Å². The van der Waals surface area contributed by atoms with Crippen molar-refractivity contribution < 1.29 is 31.2 Å². The Labute approximate surface area is 263 Å². The van der Waals surface area contributed by atoms with Gasteiger partial charge >= 0.3 is 6.18 Å².